The first kappa shape index (κ1) is 20.9. The Morgan fingerprint density at radius 2 is 2.11 bits per heavy atom. The summed E-state index contributed by atoms with van der Waals surface area (Å²) < 4.78 is 37.4. The number of hydrogen-bond donors (Lipinski definition) is 0. The summed E-state index contributed by atoms with van der Waals surface area (Å²) in [5, 5.41) is 0. The molecule has 3 rings (SSSR count). The highest BCUT2D eigenvalue weighted by atomic mass is 32.2. The lowest BCUT2D eigenvalue weighted by Crippen LogP contribution is -2.50. The molecule has 0 aromatic heterocycles. The molecular formula is C18H19FN2O4S3. The van der Waals surface area contributed by atoms with Gasteiger partial charge in [-0.15, -0.1) is 0 Å². The number of hydrogen-bond acceptors (Lipinski definition) is 6. The minimum absolute atomic E-state index is 0.0517. The monoisotopic (exact) mass is 442 g/mol. The van der Waals surface area contributed by atoms with E-state index < -0.39 is 33.6 Å². The predicted octanol–water partition coefficient (Wildman–Crippen LogP) is 2.06. The van der Waals surface area contributed by atoms with Crippen LogP contribution in [0.5, 0.6) is 0 Å². The summed E-state index contributed by atoms with van der Waals surface area (Å²) >= 11 is 6.27. The molecule has 2 aliphatic heterocycles. The van der Waals surface area contributed by atoms with E-state index >= 15 is 0 Å². The fourth-order valence-corrected chi connectivity index (χ4v) is 6.40. The van der Waals surface area contributed by atoms with Gasteiger partial charge >= 0.3 is 0 Å². The van der Waals surface area contributed by atoms with Crippen molar-refractivity contribution in [2.45, 2.75) is 25.4 Å². The van der Waals surface area contributed by atoms with Crippen LogP contribution in [-0.4, -0.2) is 65.0 Å². The molecule has 10 heteroatoms. The van der Waals surface area contributed by atoms with Gasteiger partial charge in [-0.05, 0) is 25.5 Å². The third kappa shape index (κ3) is 4.13. The van der Waals surface area contributed by atoms with Crippen molar-refractivity contribution in [1.82, 2.24) is 9.80 Å². The number of carbonyl (C=O) groups excluding carboxylic acids is 2. The molecule has 0 saturated carbocycles. The molecule has 150 valence electrons. The highest BCUT2D eigenvalue weighted by Gasteiger charge is 2.41. The number of likely N-dealkylation sites (N-methyl/N-ethyl adjacent to an activating group) is 1. The molecule has 0 N–H and O–H groups in total. The quantitative estimate of drug-likeness (QED) is 0.525. The second-order valence-electron chi connectivity index (χ2n) is 6.76. The highest BCUT2D eigenvalue weighted by molar-refractivity contribution is 8.26. The van der Waals surface area contributed by atoms with Gasteiger partial charge in [-0.3, -0.25) is 14.5 Å². The molecule has 6 nitrogen and oxygen atoms in total. The summed E-state index contributed by atoms with van der Waals surface area (Å²) in [4.78, 5) is 28.4. The van der Waals surface area contributed by atoms with Gasteiger partial charge in [0.1, 0.15) is 16.2 Å². The molecule has 2 fully saturated rings. The van der Waals surface area contributed by atoms with Gasteiger partial charge in [-0.1, -0.05) is 42.2 Å². The number of carbonyl (C=O) groups is 2. The first-order chi connectivity index (χ1) is 13.1. The number of rotatable bonds is 4. The molecule has 0 unspecified atom stereocenters. The summed E-state index contributed by atoms with van der Waals surface area (Å²) in [7, 11) is -1.60. The van der Waals surface area contributed by atoms with Crippen molar-refractivity contribution in [3.8, 4) is 0 Å². The van der Waals surface area contributed by atoms with Crippen molar-refractivity contribution >= 4 is 56.0 Å². The van der Waals surface area contributed by atoms with Crippen LogP contribution in [0.3, 0.4) is 0 Å². The Kier molecular flexibility index (Phi) is 5.92. The summed E-state index contributed by atoms with van der Waals surface area (Å²) in [6.07, 6.45) is 1.79. The van der Waals surface area contributed by atoms with E-state index in [0.29, 0.717) is 6.42 Å². The van der Waals surface area contributed by atoms with Gasteiger partial charge < -0.3 is 4.90 Å². The first-order valence-electron chi connectivity index (χ1n) is 8.59. The lowest BCUT2D eigenvalue weighted by molar-refractivity contribution is -0.139. The Hall–Kier alpha value is -1.78. The predicted molar refractivity (Wildman–Crippen MR) is 111 cm³/mol. The van der Waals surface area contributed by atoms with Crippen molar-refractivity contribution in [2.24, 2.45) is 0 Å². The molecule has 2 aliphatic rings. The van der Waals surface area contributed by atoms with Gasteiger partial charge in [0.25, 0.3) is 5.91 Å². The number of amides is 2. The van der Waals surface area contributed by atoms with E-state index in [-0.39, 0.29) is 32.2 Å². The topological polar surface area (TPSA) is 74.8 Å². The third-order valence-corrected chi connectivity index (χ3v) is 7.94. The Labute approximate surface area is 172 Å². The fraction of sp³-hybridized carbons (Fsp3) is 0.389. The molecule has 1 aromatic rings. The van der Waals surface area contributed by atoms with Crippen LogP contribution in [0.2, 0.25) is 0 Å². The standard InChI is InChI=1S/C18H19FN2O4S3/c1-11(16(22)20(2)13-7-8-28(24,25)10-13)21-17(23)15(27-18(21)26)9-12-5-3-4-6-14(12)19/h3-6,9,11,13H,7-8,10H2,1-2H3/b15-9+/t11-,13-/m1/s1. The third-order valence-electron chi connectivity index (χ3n) is 4.86. The molecule has 2 atom stereocenters. The molecule has 2 amide bonds. The zero-order valence-corrected chi connectivity index (χ0v) is 17.7. The molecule has 0 radical (unpaired) electrons. The van der Waals surface area contributed by atoms with Gasteiger partial charge in [-0.25, -0.2) is 12.8 Å². The smallest absolute Gasteiger partial charge is 0.266 e. The lowest BCUT2D eigenvalue weighted by Gasteiger charge is -2.30. The minimum Gasteiger partial charge on any atom is -0.340 e. The van der Waals surface area contributed by atoms with Gasteiger partial charge in [-0.2, -0.15) is 0 Å². The molecule has 0 spiro atoms. The fourth-order valence-electron chi connectivity index (χ4n) is 3.21. The van der Waals surface area contributed by atoms with E-state index in [2.05, 4.69) is 0 Å². The van der Waals surface area contributed by atoms with Crippen molar-refractivity contribution in [3.05, 3.63) is 40.6 Å². The summed E-state index contributed by atoms with van der Waals surface area (Å²) in [6.45, 7) is 1.55. The van der Waals surface area contributed by atoms with Crippen molar-refractivity contribution < 1.29 is 22.4 Å². The maximum absolute atomic E-state index is 13.9. The molecule has 0 aliphatic carbocycles. The van der Waals surface area contributed by atoms with Gasteiger partial charge in [0.15, 0.2) is 9.84 Å². The van der Waals surface area contributed by atoms with Crippen LogP contribution in [0.15, 0.2) is 29.2 Å². The van der Waals surface area contributed by atoms with Crippen LogP contribution in [-0.2, 0) is 19.4 Å². The average Bonchev–Trinajstić information content (AvgIpc) is 3.14. The minimum atomic E-state index is -3.14. The molecule has 28 heavy (non-hydrogen) atoms. The molecule has 0 bridgehead atoms. The van der Waals surface area contributed by atoms with Crippen molar-refractivity contribution in [2.75, 3.05) is 18.6 Å². The van der Waals surface area contributed by atoms with E-state index in [1.165, 1.54) is 29.0 Å². The van der Waals surface area contributed by atoms with E-state index in [4.69, 9.17) is 12.2 Å². The average molecular weight is 443 g/mol. The Bertz CT molecular complexity index is 977. The van der Waals surface area contributed by atoms with Crippen LogP contribution in [0.25, 0.3) is 6.08 Å². The first-order valence-corrected chi connectivity index (χ1v) is 11.6. The zero-order valence-electron chi connectivity index (χ0n) is 15.3. The molecule has 2 heterocycles. The van der Waals surface area contributed by atoms with Gasteiger partial charge in [0.2, 0.25) is 5.91 Å². The van der Waals surface area contributed by atoms with Crippen molar-refractivity contribution in [3.63, 3.8) is 0 Å². The molecule has 2 saturated heterocycles. The van der Waals surface area contributed by atoms with Crippen LogP contribution in [0, 0.1) is 5.82 Å². The Morgan fingerprint density at radius 3 is 2.71 bits per heavy atom. The number of thiocarbonyl (C=S) groups is 1. The summed E-state index contributed by atoms with van der Waals surface area (Å²) in [5.41, 5.74) is 0.259. The van der Waals surface area contributed by atoms with Crippen LogP contribution in [0.1, 0.15) is 18.9 Å². The summed E-state index contributed by atoms with van der Waals surface area (Å²) in [6, 6.07) is 4.76. The van der Waals surface area contributed by atoms with E-state index in [9.17, 15) is 22.4 Å². The SMILES string of the molecule is C[C@H](C(=O)N(C)[C@@H]1CCS(=O)(=O)C1)N1C(=O)/C(=C\c2ccccc2F)SC1=S. The van der Waals surface area contributed by atoms with Crippen LogP contribution < -0.4 is 0 Å². The highest BCUT2D eigenvalue weighted by Crippen LogP contribution is 2.34. The van der Waals surface area contributed by atoms with Crippen molar-refractivity contribution in [1.29, 1.82) is 0 Å². The number of sulfone groups is 1. The number of thioether (sulfide) groups is 1. The van der Waals surface area contributed by atoms with Gasteiger partial charge in [0.05, 0.1) is 16.4 Å². The number of halogens is 1. The summed E-state index contributed by atoms with van der Waals surface area (Å²) in [5.74, 6) is -1.33. The molecular weight excluding hydrogens is 423 g/mol. The van der Waals surface area contributed by atoms with E-state index in [1.807, 2.05) is 0 Å². The van der Waals surface area contributed by atoms with E-state index in [0.717, 1.165) is 11.8 Å². The largest absolute Gasteiger partial charge is 0.340 e. The number of nitrogens with zero attached hydrogens (tertiary/aromatic N) is 2. The molecule has 1 aromatic carbocycles. The van der Waals surface area contributed by atoms with E-state index in [1.54, 1.807) is 25.1 Å². The Morgan fingerprint density at radius 1 is 1.43 bits per heavy atom. The van der Waals surface area contributed by atoms with Gasteiger partial charge in [0, 0.05) is 18.7 Å². The Balaban J connectivity index is 1.77. The maximum atomic E-state index is 13.9. The number of benzene rings is 1. The van der Waals surface area contributed by atoms with Crippen LogP contribution in [0.4, 0.5) is 4.39 Å². The second-order valence-corrected chi connectivity index (χ2v) is 10.7. The maximum Gasteiger partial charge on any atom is 0.266 e. The zero-order chi connectivity index (χ0) is 20.6. The lowest BCUT2D eigenvalue weighted by atomic mass is 10.1. The van der Waals surface area contributed by atoms with Crippen LogP contribution >= 0.6 is 24.0 Å². The second kappa shape index (κ2) is 7.92. The normalized spacial score (nSPS) is 24.0.